The number of rotatable bonds is 4. The van der Waals surface area contributed by atoms with Gasteiger partial charge in [0.05, 0.1) is 18.0 Å². The SMILES string of the molecule is O=S(=O)(NCc1ncn[nH]1)c1ccc2c(c1)CCO2. The van der Waals surface area contributed by atoms with Gasteiger partial charge in [-0.15, -0.1) is 0 Å². The van der Waals surface area contributed by atoms with Gasteiger partial charge in [0, 0.05) is 6.42 Å². The van der Waals surface area contributed by atoms with Crippen LogP contribution in [0.25, 0.3) is 0 Å². The zero-order valence-corrected chi connectivity index (χ0v) is 10.8. The van der Waals surface area contributed by atoms with Gasteiger partial charge < -0.3 is 4.74 Å². The summed E-state index contributed by atoms with van der Waals surface area (Å²) in [6.45, 7) is 0.681. The average molecular weight is 280 g/mol. The predicted molar refractivity (Wildman–Crippen MR) is 66.0 cm³/mol. The molecule has 0 fully saturated rings. The lowest BCUT2D eigenvalue weighted by atomic mass is 10.2. The molecule has 7 nitrogen and oxygen atoms in total. The minimum Gasteiger partial charge on any atom is -0.493 e. The molecular formula is C11H12N4O3S. The lowest BCUT2D eigenvalue weighted by molar-refractivity contribution is 0.356. The number of H-pyrrole nitrogens is 1. The van der Waals surface area contributed by atoms with Gasteiger partial charge in [-0.25, -0.2) is 18.1 Å². The van der Waals surface area contributed by atoms with Crippen molar-refractivity contribution in [2.75, 3.05) is 6.61 Å². The Morgan fingerprint density at radius 3 is 3.11 bits per heavy atom. The maximum atomic E-state index is 12.1. The number of nitrogens with zero attached hydrogens (tertiary/aromatic N) is 2. The summed E-state index contributed by atoms with van der Waals surface area (Å²) in [5, 5.41) is 6.25. The Kier molecular flexibility index (Phi) is 2.96. The minimum atomic E-state index is -3.55. The second-order valence-electron chi connectivity index (χ2n) is 4.12. The fourth-order valence-corrected chi connectivity index (χ4v) is 2.93. The van der Waals surface area contributed by atoms with Crippen molar-refractivity contribution in [1.82, 2.24) is 19.9 Å². The van der Waals surface area contributed by atoms with Crippen LogP contribution in [0.5, 0.6) is 5.75 Å². The van der Waals surface area contributed by atoms with Crippen molar-refractivity contribution in [3.8, 4) is 5.75 Å². The molecule has 0 radical (unpaired) electrons. The third kappa shape index (κ3) is 2.45. The van der Waals surface area contributed by atoms with E-state index in [-0.39, 0.29) is 11.4 Å². The zero-order valence-electron chi connectivity index (χ0n) is 9.96. The fraction of sp³-hybridized carbons (Fsp3) is 0.273. The van der Waals surface area contributed by atoms with Crippen LogP contribution in [0.2, 0.25) is 0 Å². The maximum absolute atomic E-state index is 12.1. The van der Waals surface area contributed by atoms with Gasteiger partial charge in [-0.1, -0.05) is 0 Å². The highest BCUT2D eigenvalue weighted by atomic mass is 32.2. The molecule has 19 heavy (non-hydrogen) atoms. The van der Waals surface area contributed by atoms with Gasteiger partial charge in [0.15, 0.2) is 0 Å². The van der Waals surface area contributed by atoms with Crippen LogP contribution >= 0.6 is 0 Å². The molecule has 0 saturated heterocycles. The van der Waals surface area contributed by atoms with Crippen molar-refractivity contribution < 1.29 is 13.2 Å². The first-order valence-electron chi connectivity index (χ1n) is 5.75. The van der Waals surface area contributed by atoms with Gasteiger partial charge in [-0.2, -0.15) is 5.10 Å². The van der Waals surface area contributed by atoms with Crippen molar-refractivity contribution in [2.24, 2.45) is 0 Å². The molecular weight excluding hydrogens is 268 g/mol. The Balaban J connectivity index is 1.80. The third-order valence-electron chi connectivity index (χ3n) is 2.87. The number of hydrogen-bond donors (Lipinski definition) is 2. The van der Waals surface area contributed by atoms with Crippen LogP contribution in [-0.2, 0) is 23.0 Å². The van der Waals surface area contributed by atoms with Crippen LogP contribution in [0, 0.1) is 0 Å². The molecule has 8 heteroatoms. The fourth-order valence-electron chi connectivity index (χ4n) is 1.89. The summed E-state index contributed by atoms with van der Waals surface area (Å²) < 4.78 is 32.0. The van der Waals surface area contributed by atoms with E-state index in [1.165, 1.54) is 12.4 Å². The summed E-state index contributed by atoms with van der Waals surface area (Å²) in [6.07, 6.45) is 2.07. The van der Waals surface area contributed by atoms with E-state index in [1.54, 1.807) is 12.1 Å². The first kappa shape index (κ1) is 12.1. The molecule has 0 atom stereocenters. The Morgan fingerprint density at radius 1 is 1.42 bits per heavy atom. The number of fused-ring (bicyclic) bond motifs is 1. The molecule has 3 rings (SSSR count). The number of nitrogens with one attached hydrogen (secondary N) is 2. The smallest absolute Gasteiger partial charge is 0.240 e. The van der Waals surface area contributed by atoms with Gasteiger partial charge in [0.25, 0.3) is 0 Å². The van der Waals surface area contributed by atoms with Crippen LogP contribution in [0.3, 0.4) is 0 Å². The number of ether oxygens (including phenoxy) is 1. The largest absolute Gasteiger partial charge is 0.493 e. The second kappa shape index (κ2) is 4.63. The Hall–Kier alpha value is -1.93. The van der Waals surface area contributed by atoms with Crippen LogP contribution in [0.15, 0.2) is 29.4 Å². The van der Waals surface area contributed by atoms with Crippen molar-refractivity contribution in [1.29, 1.82) is 0 Å². The molecule has 0 amide bonds. The molecule has 0 unspecified atom stereocenters. The van der Waals surface area contributed by atoms with Crippen LogP contribution in [-0.4, -0.2) is 30.2 Å². The summed E-state index contributed by atoms with van der Waals surface area (Å²) >= 11 is 0. The van der Waals surface area contributed by atoms with Gasteiger partial charge in [-0.3, -0.25) is 5.10 Å². The maximum Gasteiger partial charge on any atom is 0.240 e. The average Bonchev–Trinajstić information content (AvgIpc) is 3.06. The number of aromatic nitrogens is 3. The standard InChI is InChI=1S/C11H12N4O3S/c16-19(17,14-6-11-12-7-13-15-11)9-1-2-10-8(5-9)3-4-18-10/h1-2,5,7,14H,3-4,6H2,(H,12,13,15). The van der Waals surface area contributed by atoms with Crippen LogP contribution in [0.4, 0.5) is 0 Å². The lowest BCUT2D eigenvalue weighted by Gasteiger charge is -2.06. The lowest BCUT2D eigenvalue weighted by Crippen LogP contribution is -2.23. The summed E-state index contributed by atoms with van der Waals surface area (Å²) in [5.41, 5.74) is 0.919. The molecule has 2 aromatic rings. The molecule has 0 spiro atoms. The van der Waals surface area contributed by atoms with Crippen molar-refractivity contribution in [3.05, 3.63) is 35.9 Å². The Morgan fingerprint density at radius 2 is 2.32 bits per heavy atom. The summed E-state index contributed by atoms with van der Waals surface area (Å²) in [7, 11) is -3.55. The van der Waals surface area contributed by atoms with E-state index in [0.29, 0.717) is 12.4 Å². The highest BCUT2D eigenvalue weighted by Gasteiger charge is 2.19. The van der Waals surface area contributed by atoms with Crippen LogP contribution < -0.4 is 9.46 Å². The quantitative estimate of drug-likeness (QED) is 0.835. The van der Waals surface area contributed by atoms with E-state index in [4.69, 9.17) is 4.74 Å². The van der Waals surface area contributed by atoms with E-state index >= 15 is 0 Å². The molecule has 1 aromatic heterocycles. The molecule has 1 aliphatic heterocycles. The molecule has 1 aromatic carbocycles. The molecule has 0 bridgehead atoms. The van der Waals surface area contributed by atoms with E-state index in [0.717, 1.165) is 17.7 Å². The molecule has 2 N–H and O–H groups in total. The van der Waals surface area contributed by atoms with E-state index in [2.05, 4.69) is 19.9 Å². The van der Waals surface area contributed by atoms with Gasteiger partial charge in [-0.05, 0) is 23.8 Å². The topological polar surface area (TPSA) is 97.0 Å². The van der Waals surface area contributed by atoms with E-state index in [1.807, 2.05) is 0 Å². The number of aromatic amines is 1. The van der Waals surface area contributed by atoms with Crippen LogP contribution in [0.1, 0.15) is 11.4 Å². The van der Waals surface area contributed by atoms with E-state index in [9.17, 15) is 8.42 Å². The highest BCUT2D eigenvalue weighted by Crippen LogP contribution is 2.27. The molecule has 1 aliphatic rings. The summed E-state index contributed by atoms with van der Waals surface area (Å²) in [4.78, 5) is 4.09. The van der Waals surface area contributed by atoms with Gasteiger partial charge in [0.2, 0.25) is 10.0 Å². The summed E-state index contributed by atoms with van der Waals surface area (Å²) in [5.74, 6) is 1.22. The first-order valence-corrected chi connectivity index (χ1v) is 7.23. The van der Waals surface area contributed by atoms with Crippen molar-refractivity contribution >= 4 is 10.0 Å². The van der Waals surface area contributed by atoms with Gasteiger partial charge in [0.1, 0.15) is 17.9 Å². The molecule has 0 saturated carbocycles. The number of benzene rings is 1. The second-order valence-corrected chi connectivity index (χ2v) is 5.89. The predicted octanol–water partition coefficient (Wildman–Crippen LogP) is 0.218. The third-order valence-corrected chi connectivity index (χ3v) is 4.26. The van der Waals surface area contributed by atoms with E-state index < -0.39 is 10.0 Å². The summed E-state index contributed by atoms with van der Waals surface area (Å²) in [6, 6.07) is 4.86. The Labute approximate surface area is 110 Å². The minimum absolute atomic E-state index is 0.0793. The van der Waals surface area contributed by atoms with Gasteiger partial charge >= 0.3 is 0 Å². The first-order chi connectivity index (χ1) is 9.15. The zero-order chi connectivity index (χ0) is 13.3. The highest BCUT2D eigenvalue weighted by molar-refractivity contribution is 7.89. The van der Waals surface area contributed by atoms with Crippen molar-refractivity contribution in [3.63, 3.8) is 0 Å². The molecule has 0 aliphatic carbocycles. The Bertz CT molecular complexity index is 682. The molecule has 100 valence electrons. The normalized spacial score (nSPS) is 14.1. The monoisotopic (exact) mass is 280 g/mol. The number of hydrogen-bond acceptors (Lipinski definition) is 5. The molecule has 2 heterocycles. The number of sulfonamides is 1. The van der Waals surface area contributed by atoms with Crippen molar-refractivity contribution in [2.45, 2.75) is 17.9 Å².